The Morgan fingerprint density at radius 1 is 1.18 bits per heavy atom. The minimum atomic E-state index is -0.630. The van der Waals surface area contributed by atoms with Crippen LogP contribution in [0.25, 0.3) is 5.69 Å². The average molecular weight is 489 g/mol. The number of aromatic nitrogens is 1. The fourth-order valence-corrected chi connectivity index (χ4v) is 4.74. The molecule has 4 rings (SSSR count). The van der Waals surface area contributed by atoms with Crippen LogP contribution in [0.2, 0.25) is 4.34 Å². The molecule has 0 aliphatic carbocycles. The highest BCUT2D eigenvalue weighted by Crippen LogP contribution is 2.22. The second-order valence-electron chi connectivity index (χ2n) is 7.77. The van der Waals surface area contributed by atoms with Crippen LogP contribution in [0.5, 0.6) is 0 Å². The fourth-order valence-electron chi connectivity index (χ4n) is 3.80. The molecular weight excluding hydrogens is 467 g/mol. The van der Waals surface area contributed by atoms with Gasteiger partial charge in [0.1, 0.15) is 5.82 Å². The summed E-state index contributed by atoms with van der Waals surface area (Å²) in [6, 6.07) is 12.2. The highest BCUT2D eigenvalue weighted by molar-refractivity contribution is 7.18. The van der Waals surface area contributed by atoms with Crippen LogP contribution in [0, 0.1) is 5.82 Å². The van der Waals surface area contributed by atoms with Crippen molar-refractivity contribution in [2.75, 3.05) is 25.0 Å². The SMILES string of the molecule is O=C(CN1CCCC(NC(=O)c2ccc(Cl)s2)C1)Nc1ccc(-n2ccccc2=O)cc1F. The third kappa shape index (κ3) is 5.87. The van der Waals surface area contributed by atoms with Crippen LogP contribution in [-0.2, 0) is 4.79 Å². The van der Waals surface area contributed by atoms with Crippen LogP contribution in [0.15, 0.2) is 59.5 Å². The Kier molecular flexibility index (Phi) is 7.22. The van der Waals surface area contributed by atoms with E-state index in [1.54, 1.807) is 36.5 Å². The Bertz CT molecular complexity index is 1230. The quantitative estimate of drug-likeness (QED) is 0.556. The van der Waals surface area contributed by atoms with E-state index in [9.17, 15) is 18.8 Å². The topological polar surface area (TPSA) is 83.4 Å². The molecule has 1 aliphatic heterocycles. The van der Waals surface area contributed by atoms with E-state index in [-0.39, 0.29) is 35.6 Å². The second kappa shape index (κ2) is 10.3. The molecule has 1 aliphatic rings. The molecule has 0 radical (unpaired) electrons. The number of rotatable bonds is 6. The molecule has 1 atom stereocenters. The van der Waals surface area contributed by atoms with Crippen LogP contribution in [-0.4, -0.2) is 47.0 Å². The maximum atomic E-state index is 14.6. The molecule has 2 N–H and O–H groups in total. The number of hydrogen-bond acceptors (Lipinski definition) is 5. The minimum Gasteiger partial charge on any atom is -0.347 e. The number of thiophene rings is 1. The lowest BCUT2D eigenvalue weighted by atomic mass is 10.1. The number of piperidine rings is 1. The van der Waals surface area contributed by atoms with Crippen LogP contribution >= 0.6 is 22.9 Å². The first-order chi connectivity index (χ1) is 15.9. The first-order valence-corrected chi connectivity index (χ1v) is 11.6. The first kappa shape index (κ1) is 23.2. The number of nitrogens with zero attached hydrogens (tertiary/aromatic N) is 2. The number of amides is 2. The van der Waals surface area contributed by atoms with Crippen molar-refractivity contribution in [2.24, 2.45) is 0 Å². The average Bonchev–Trinajstić information content (AvgIpc) is 3.22. The number of carbonyl (C=O) groups is 2. The summed E-state index contributed by atoms with van der Waals surface area (Å²) in [5.41, 5.74) is 0.143. The molecule has 0 bridgehead atoms. The van der Waals surface area contributed by atoms with Crippen molar-refractivity contribution in [1.29, 1.82) is 0 Å². The summed E-state index contributed by atoms with van der Waals surface area (Å²) in [5.74, 6) is -1.16. The van der Waals surface area contributed by atoms with Gasteiger partial charge in [-0.2, -0.15) is 0 Å². The predicted molar refractivity (Wildman–Crippen MR) is 127 cm³/mol. The molecule has 7 nitrogen and oxygen atoms in total. The van der Waals surface area contributed by atoms with Crippen LogP contribution < -0.4 is 16.2 Å². The maximum absolute atomic E-state index is 14.6. The third-order valence-corrected chi connectivity index (χ3v) is 6.56. The molecule has 1 saturated heterocycles. The van der Waals surface area contributed by atoms with Crippen molar-refractivity contribution in [3.05, 3.63) is 80.1 Å². The Labute approximate surface area is 198 Å². The van der Waals surface area contributed by atoms with Crippen molar-refractivity contribution in [3.8, 4) is 5.69 Å². The maximum Gasteiger partial charge on any atom is 0.261 e. The summed E-state index contributed by atoms with van der Waals surface area (Å²) < 4.78 is 16.4. The van der Waals surface area contributed by atoms with E-state index in [1.165, 1.54) is 34.1 Å². The van der Waals surface area contributed by atoms with Crippen molar-refractivity contribution in [1.82, 2.24) is 14.8 Å². The van der Waals surface area contributed by atoms with Gasteiger partial charge >= 0.3 is 0 Å². The second-order valence-corrected chi connectivity index (χ2v) is 9.49. The molecule has 33 heavy (non-hydrogen) atoms. The zero-order valence-corrected chi connectivity index (χ0v) is 19.2. The first-order valence-electron chi connectivity index (χ1n) is 10.4. The van der Waals surface area contributed by atoms with E-state index in [0.29, 0.717) is 28.0 Å². The zero-order valence-electron chi connectivity index (χ0n) is 17.6. The van der Waals surface area contributed by atoms with E-state index in [4.69, 9.17) is 11.6 Å². The van der Waals surface area contributed by atoms with Gasteiger partial charge in [0.25, 0.3) is 11.5 Å². The normalized spacial score (nSPS) is 16.4. The molecule has 1 unspecified atom stereocenters. The van der Waals surface area contributed by atoms with E-state index in [0.717, 1.165) is 12.8 Å². The van der Waals surface area contributed by atoms with Crippen LogP contribution in [0.1, 0.15) is 22.5 Å². The van der Waals surface area contributed by atoms with Gasteiger partial charge in [0, 0.05) is 30.9 Å². The fraction of sp³-hybridized carbons (Fsp3) is 0.261. The molecule has 1 fully saturated rings. The van der Waals surface area contributed by atoms with Crippen molar-refractivity contribution >= 4 is 40.4 Å². The van der Waals surface area contributed by atoms with E-state index >= 15 is 0 Å². The van der Waals surface area contributed by atoms with E-state index in [1.807, 2.05) is 4.90 Å². The molecule has 2 aromatic heterocycles. The summed E-state index contributed by atoms with van der Waals surface area (Å²) in [5, 5.41) is 5.58. The Balaban J connectivity index is 1.33. The largest absolute Gasteiger partial charge is 0.347 e. The number of halogens is 2. The van der Waals surface area contributed by atoms with E-state index in [2.05, 4.69) is 10.6 Å². The molecule has 0 spiro atoms. The van der Waals surface area contributed by atoms with Gasteiger partial charge in [-0.05, 0) is 49.7 Å². The number of benzene rings is 1. The molecule has 0 saturated carbocycles. The van der Waals surface area contributed by atoms with Crippen molar-refractivity contribution in [2.45, 2.75) is 18.9 Å². The number of carbonyl (C=O) groups excluding carboxylic acids is 2. The number of hydrogen-bond donors (Lipinski definition) is 2. The highest BCUT2D eigenvalue weighted by atomic mass is 35.5. The summed E-state index contributed by atoms with van der Waals surface area (Å²) in [4.78, 5) is 39.3. The zero-order chi connectivity index (χ0) is 23.4. The van der Waals surface area contributed by atoms with Crippen molar-refractivity contribution < 1.29 is 14.0 Å². The molecule has 172 valence electrons. The third-order valence-electron chi connectivity index (χ3n) is 5.33. The van der Waals surface area contributed by atoms with Gasteiger partial charge < -0.3 is 10.6 Å². The molecule has 3 heterocycles. The van der Waals surface area contributed by atoms with Gasteiger partial charge in [-0.1, -0.05) is 17.7 Å². The lowest BCUT2D eigenvalue weighted by Gasteiger charge is -2.32. The summed E-state index contributed by atoms with van der Waals surface area (Å²) in [6.45, 7) is 1.32. The molecule has 1 aromatic carbocycles. The number of nitrogens with one attached hydrogen (secondary N) is 2. The van der Waals surface area contributed by atoms with E-state index < -0.39 is 5.82 Å². The van der Waals surface area contributed by atoms with Gasteiger partial charge in [-0.15, -0.1) is 11.3 Å². The lowest BCUT2D eigenvalue weighted by molar-refractivity contribution is -0.117. The van der Waals surface area contributed by atoms with Gasteiger partial charge in [0.05, 0.1) is 27.1 Å². The van der Waals surface area contributed by atoms with Gasteiger partial charge in [0.15, 0.2) is 0 Å². The number of anilines is 1. The summed E-state index contributed by atoms with van der Waals surface area (Å²) >= 11 is 7.12. The number of likely N-dealkylation sites (tertiary alicyclic amines) is 1. The highest BCUT2D eigenvalue weighted by Gasteiger charge is 2.24. The number of pyridine rings is 1. The molecular formula is C23H22ClFN4O3S. The Hall–Kier alpha value is -3.01. The standard InChI is InChI=1S/C23H22ClFN4O3S/c24-20-9-8-19(33-20)23(32)26-15-4-3-10-28(13-15)14-21(30)27-18-7-6-16(12-17(18)25)29-11-2-1-5-22(29)31/h1-2,5-9,11-12,15H,3-4,10,13-14H2,(H,26,32)(H,27,30). The molecule has 2 amide bonds. The molecule has 3 aromatic rings. The van der Waals surface area contributed by atoms with Crippen LogP contribution in [0.3, 0.4) is 0 Å². The van der Waals surface area contributed by atoms with Crippen LogP contribution in [0.4, 0.5) is 10.1 Å². The van der Waals surface area contributed by atoms with Gasteiger partial charge in [-0.25, -0.2) is 4.39 Å². The Morgan fingerprint density at radius 2 is 2.03 bits per heavy atom. The van der Waals surface area contributed by atoms with Gasteiger partial charge in [-0.3, -0.25) is 23.9 Å². The smallest absolute Gasteiger partial charge is 0.261 e. The Morgan fingerprint density at radius 3 is 2.76 bits per heavy atom. The minimum absolute atomic E-state index is 0.0455. The molecule has 10 heteroatoms. The lowest BCUT2D eigenvalue weighted by Crippen LogP contribution is -2.49. The predicted octanol–water partition coefficient (Wildman–Crippen LogP) is 3.52. The van der Waals surface area contributed by atoms with Gasteiger partial charge in [0.2, 0.25) is 5.91 Å². The monoisotopic (exact) mass is 488 g/mol. The summed E-state index contributed by atoms with van der Waals surface area (Å²) in [6.07, 6.45) is 3.20. The van der Waals surface area contributed by atoms with Crippen molar-refractivity contribution in [3.63, 3.8) is 0 Å². The summed E-state index contributed by atoms with van der Waals surface area (Å²) in [7, 11) is 0.